The number of primary amides is 2. The van der Waals surface area contributed by atoms with Gasteiger partial charge >= 0.3 is 11.9 Å². The number of aryl methyl sites for hydroxylation is 5. The molecule has 6 heterocycles. The van der Waals surface area contributed by atoms with Gasteiger partial charge < -0.3 is 39.5 Å². The number of hydrogen-bond donors (Lipinski definition) is 2. The van der Waals surface area contributed by atoms with Gasteiger partial charge in [-0.1, -0.05) is 12.2 Å². The van der Waals surface area contributed by atoms with Gasteiger partial charge in [0.05, 0.1) is 55.8 Å². The zero-order chi connectivity index (χ0) is 56.3. The van der Waals surface area contributed by atoms with Crippen LogP contribution in [0.25, 0.3) is 44.5 Å². The number of rotatable bonds is 29. The van der Waals surface area contributed by atoms with Gasteiger partial charge in [-0.2, -0.15) is 15.3 Å². The van der Waals surface area contributed by atoms with E-state index >= 15 is 0 Å². The summed E-state index contributed by atoms with van der Waals surface area (Å²) in [6, 6.07) is 11.6. The second-order valence-electron chi connectivity index (χ2n) is 18.8. The number of carbonyl (C=O) groups excluding carboxylic acids is 6. The molecule has 0 atom stereocenters. The number of hydrogen-bond acceptors (Lipinski definition) is 16. The number of nitrogens with zero attached hydrogens (tertiary/aromatic N) is 11. The average molecular weight is 1080 g/mol. The number of benzene rings is 2. The molecule has 8 aromatic rings. The van der Waals surface area contributed by atoms with E-state index in [-0.39, 0.29) is 86.6 Å². The molecule has 0 spiro atoms. The highest BCUT2D eigenvalue weighted by molar-refractivity contribution is 6.12. The first kappa shape index (κ1) is 56.2. The number of allylic oxidation sites excluding steroid dienone is 2. The predicted molar refractivity (Wildman–Crippen MR) is 292 cm³/mol. The molecule has 0 unspecified atom stereocenters. The standard InChI is InChI=1S/C56H65N13O10/c1-7-67-42(19-20-60-67)54-59-33-40-39-28-36(52(57)73)30-46(77-23-13-10-16-38(70)17-14-18-49(72)76-6)50(39)66(55(40)62-54)22-12-11-21-65-48(32-45(71)43-26-34(4)63-68(43)8-2)61-41-29-37(53(58)74)31-47(51(41)65)78-24-15-25-79-56(75)44-27-35(5)64-69(44)9-3/h11-12,19-20,26-31,33H,7-10,13-18,21-25,32H2,1-6H3,(H2,57,73)(H2,58,74)/b12-11+. The molecule has 23 heteroatoms. The number of ketones is 2. The number of fused-ring (bicyclic) bond motifs is 4. The third-order valence-corrected chi connectivity index (χ3v) is 13.3. The van der Waals surface area contributed by atoms with Crippen molar-refractivity contribution in [2.45, 2.75) is 119 Å². The minimum atomic E-state index is -0.708. The van der Waals surface area contributed by atoms with Crippen molar-refractivity contribution in [3.63, 3.8) is 0 Å². The van der Waals surface area contributed by atoms with Crippen molar-refractivity contribution < 1.29 is 47.7 Å². The van der Waals surface area contributed by atoms with Crippen molar-refractivity contribution in [3.8, 4) is 23.0 Å². The molecule has 0 aliphatic heterocycles. The third-order valence-electron chi connectivity index (χ3n) is 13.3. The van der Waals surface area contributed by atoms with Crippen LogP contribution < -0.4 is 20.9 Å². The number of imidazole rings is 1. The Morgan fingerprint density at radius 1 is 0.658 bits per heavy atom. The molecule has 2 amide bonds. The van der Waals surface area contributed by atoms with Gasteiger partial charge in [-0.05, 0) is 96.3 Å². The highest BCUT2D eigenvalue weighted by Crippen LogP contribution is 2.37. The van der Waals surface area contributed by atoms with E-state index in [1.54, 1.807) is 63.7 Å². The molecular formula is C56H65N13O10. The maximum Gasteiger partial charge on any atom is 0.356 e. The summed E-state index contributed by atoms with van der Waals surface area (Å²) in [4.78, 5) is 91.6. The van der Waals surface area contributed by atoms with Crippen LogP contribution in [0.15, 0.2) is 67.0 Å². The highest BCUT2D eigenvalue weighted by Gasteiger charge is 2.24. The lowest BCUT2D eigenvalue weighted by Gasteiger charge is -2.13. The lowest BCUT2D eigenvalue weighted by atomic mass is 10.1. The van der Waals surface area contributed by atoms with Crippen molar-refractivity contribution in [1.82, 2.24) is 53.4 Å². The number of esters is 2. The Morgan fingerprint density at radius 2 is 1.29 bits per heavy atom. The van der Waals surface area contributed by atoms with Crippen molar-refractivity contribution in [2.24, 2.45) is 11.5 Å². The molecule has 0 bridgehead atoms. The Labute approximate surface area is 454 Å². The molecule has 0 radical (unpaired) electrons. The summed E-state index contributed by atoms with van der Waals surface area (Å²) in [7, 11) is 1.32. The molecule has 23 nitrogen and oxygen atoms in total. The van der Waals surface area contributed by atoms with Gasteiger partial charge in [0.2, 0.25) is 11.8 Å². The minimum absolute atomic E-state index is 0.0353. The van der Waals surface area contributed by atoms with Gasteiger partial charge in [-0.15, -0.1) is 0 Å². The molecule has 6 aromatic heterocycles. The van der Waals surface area contributed by atoms with Crippen LogP contribution in [0.4, 0.5) is 0 Å². The number of aromatic nitrogens is 11. The lowest BCUT2D eigenvalue weighted by molar-refractivity contribution is -0.140. The number of carbonyl (C=O) groups is 6. The topological polar surface area (TPSA) is 293 Å². The van der Waals surface area contributed by atoms with Crippen LogP contribution in [-0.4, -0.2) is 116 Å². The van der Waals surface area contributed by atoms with E-state index in [1.807, 2.05) is 55.0 Å². The molecule has 4 N–H and O–H groups in total. The van der Waals surface area contributed by atoms with Crippen molar-refractivity contribution >= 4 is 68.3 Å². The van der Waals surface area contributed by atoms with E-state index in [9.17, 15) is 28.8 Å². The van der Waals surface area contributed by atoms with Gasteiger partial charge in [0.1, 0.15) is 51.4 Å². The molecule has 0 aliphatic rings. The second kappa shape index (κ2) is 25.4. The minimum Gasteiger partial charge on any atom is -0.491 e. The van der Waals surface area contributed by atoms with Crippen LogP contribution in [0.1, 0.15) is 125 Å². The van der Waals surface area contributed by atoms with Crippen molar-refractivity contribution in [2.75, 3.05) is 26.9 Å². The largest absolute Gasteiger partial charge is 0.491 e. The fourth-order valence-corrected chi connectivity index (χ4v) is 9.46. The van der Waals surface area contributed by atoms with Crippen LogP contribution in [0, 0.1) is 13.8 Å². The monoisotopic (exact) mass is 1080 g/mol. The molecule has 0 fully saturated rings. The van der Waals surface area contributed by atoms with Crippen LogP contribution in [0.3, 0.4) is 0 Å². The Hall–Kier alpha value is -9.02. The Kier molecular flexibility index (Phi) is 18.1. The van der Waals surface area contributed by atoms with Crippen LogP contribution in [0.5, 0.6) is 11.5 Å². The number of Topliss-reactive ketones (excluding diaryl/α,β-unsaturated/α-hetero) is 2. The van der Waals surface area contributed by atoms with Crippen LogP contribution >= 0.6 is 0 Å². The van der Waals surface area contributed by atoms with Gasteiger partial charge in [-0.25, -0.2) is 19.7 Å². The van der Waals surface area contributed by atoms with E-state index in [0.717, 1.165) is 0 Å². The normalized spacial score (nSPS) is 11.6. The number of ether oxygens (including phenoxy) is 4. The fraction of sp³-hybridized carbons (Fsp3) is 0.393. The maximum absolute atomic E-state index is 14.2. The Bertz CT molecular complexity index is 3620. The smallest absolute Gasteiger partial charge is 0.356 e. The van der Waals surface area contributed by atoms with Gasteiger partial charge in [-0.3, -0.25) is 38.0 Å². The van der Waals surface area contributed by atoms with Crippen LogP contribution in [-0.2, 0) is 58.2 Å². The summed E-state index contributed by atoms with van der Waals surface area (Å²) >= 11 is 0. The molecule has 0 aliphatic carbocycles. The number of amides is 2. The quantitative estimate of drug-likeness (QED) is 0.0210. The first-order valence-electron chi connectivity index (χ1n) is 26.4. The van der Waals surface area contributed by atoms with Crippen molar-refractivity contribution in [1.29, 1.82) is 0 Å². The summed E-state index contributed by atoms with van der Waals surface area (Å²) in [5, 5.41) is 14.5. The van der Waals surface area contributed by atoms with E-state index in [2.05, 4.69) is 20.0 Å². The first-order valence-corrected chi connectivity index (χ1v) is 26.4. The number of methoxy groups -OCH3 is 1. The summed E-state index contributed by atoms with van der Waals surface area (Å²) in [6.45, 7) is 11.6. The zero-order valence-corrected chi connectivity index (χ0v) is 45.3. The van der Waals surface area contributed by atoms with Gasteiger partial charge in [0, 0.05) is 92.7 Å². The third kappa shape index (κ3) is 12.9. The number of nitrogens with two attached hydrogens (primary N) is 2. The van der Waals surface area contributed by atoms with E-state index in [0.29, 0.717) is 131 Å². The summed E-state index contributed by atoms with van der Waals surface area (Å²) < 4.78 is 31.9. The SMILES string of the molecule is CCn1nc(C)cc1C(=O)Cc1nc2cc(C(N)=O)cc(OCCCOC(=O)c3cc(C)nn3CC)c2n1C/C=C/Cn1c2nc(-c3ccnn3CC)ncc2c2cc(C(N)=O)cc(OCCCCC(=O)CCCC(=O)OC)c21. The zero-order valence-electron chi connectivity index (χ0n) is 45.3. The molecule has 0 saturated heterocycles. The summed E-state index contributed by atoms with van der Waals surface area (Å²) in [5.41, 5.74) is 17.0. The fourth-order valence-electron chi connectivity index (χ4n) is 9.46. The molecular weight excluding hydrogens is 1010 g/mol. The van der Waals surface area contributed by atoms with Crippen LogP contribution in [0.2, 0.25) is 0 Å². The van der Waals surface area contributed by atoms with Gasteiger partial charge in [0.25, 0.3) is 0 Å². The first-order chi connectivity index (χ1) is 38.1. The van der Waals surface area contributed by atoms with Crippen molar-refractivity contribution in [3.05, 3.63) is 107 Å². The Morgan fingerprint density at radius 3 is 1.97 bits per heavy atom. The summed E-state index contributed by atoms with van der Waals surface area (Å²) in [5.74, 6) is -0.969. The predicted octanol–water partition coefficient (Wildman–Crippen LogP) is 6.83. The molecule has 0 saturated carbocycles. The van der Waals surface area contributed by atoms with E-state index in [4.69, 9.17) is 40.6 Å². The van der Waals surface area contributed by atoms with E-state index < -0.39 is 17.8 Å². The second-order valence-corrected chi connectivity index (χ2v) is 18.8. The Balaban J connectivity index is 1.13. The van der Waals surface area contributed by atoms with E-state index in [1.165, 1.54) is 13.2 Å². The molecule has 8 rings (SSSR count). The molecule has 2 aromatic carbocycles. The molecule has 414 valence electrons. The highest BCUT2D eigenvalue weighted by atomic mass is 16.5. The molecule has 79 heavy (non-hydrogen) atoms. The number of unbranched alkanes of at least 4 members (excludes halogenated alkanes) is 1. The van der Waals surface area contributed by atoms with Gasteiger partial charge in [0.15, 0.2) is 11.6 Å². The lowest BCUT2D eigenvalue weighted by Crippen LogP contribution is -2.15. The maximum atomic E-state index is 14.2. The average Bonchev–Trinajstić information content (AvgIpc) is 4.49. The summed E-state index contributed by atoms with van der Waals surface area (Å²) in [6.07, 6.45) is 9.63.